The molecule has 8 heteroatoms. The van der Waals surface area contributed by atoms with Crippen molar-refractivity contribution >= 4 is 39.6 Å². The Morgan fingerprint density at radius 2 is 1.92 bits per heavy atom. The zero-order valence-corrected chi connectivity index (χ0v) is 16.2. The normalized spacial score (nSPS) is 19.2. The average molecular weight is 438 g/mol. The number of ether oxygens (including phenoxy) is 2. The van der Waals surface area contributed by atoms with Crippen molar-refractivity contribution in [1.29, 1.82) is 0 Å². The summed E-state index contributed by atoms with van der Waals surface area (Å²) in [5.41, 5.74) is 1.29. The largest absolute Gasteiger partial charge is 0.493 e. The first kappa shape index (κ1) is 18.8. The topological polar surface area (TPSA) is 84.9 Å². The number of carbonyl (C=O) groups excluding carboxylic acids is 1. The molecule has 1 heterocycles. The van der Waals surface area contributed by atoms with Gasteiger partial charge in [0.25, 0.3) is 0 Å². The van der Waals surface area contributed by atoms with Crippen LogP contribution >= 0.6 is 27.7 Å². The van der Waals surface area contributed by atoms with Crippen molar-refractivity contribution in [2.45, 2.75) is 11.4 Å². The van der Waals surface area contributed by atoms with Gasteiger partial charge < -0.3 is 14.6 Å². The smallest absolute Gasteiger partial charge is 0.343 e. The molecule has 1 fully saturated rings. The number of thioether (sulfide) groups is 1. The Morgan fingerprint density at radius 1 is 1.19 bits per heavy atom. The molecule has 0 amide bonds. The van der Waals surface area contributed by atoms with Crippen LogP contribution in [-0.2, 0) is 4.79 Å². The number of aliphatic carboxylic acids is 1. The molecule has 0 radical (unpaired) electrons. The highest BCUT2D eigenvalue weighted by Crippen LogP contribution is 2.37. The Labute approximate surface area is 163 Å². The molecule has 2 aromatic rings. The van der Waals surface area contributed by atoms with Crippen LogP contribution in [0.15, 0.2) is 46.9 Å². The van der Waals surface area contributed by atoms with E-state index < -0.39 is 18.0 Å². The van der Waals surface area contributed by atoms with Crippen LogP contribution in [0.2, 0.25) is 0 Å². The fraction of sp³-hybridized carbons (Fsp3) is 0.222. The van der Waals surface area contributed by atoms with Crippen molar-refractivity contribution in [1.82, 2.24) is 5.32 Å². The number of halogens is 1. The molecule has 1 saturated heterocycles. The van der Waals surface area contributed by atoms with Crippen LogP contribution in [0, 0.1) is 0 Å². The molecule has 0 bridgehead atoms. The predicted molar refractivity (Wildman–Crippen MR) is 102 cm³/mol. The van der Waals surface area contributed by atoms with Gasteiger partial charge in [-0.2, -0.15) is 0 Å². The zero-order chi connectivity index (χ0) is 18.7. The summed E-state index contributed by atoms with van der Waals surface area (Å²) >= 11 is 4.83. The molecule has 2 aromatic carbocycles. The van der Waals surface area contributed by atoms with Crippen LogP contribution in [0.4, 0.5) is 0 Å². The molecule has 136 valence electrons. The summed E-state index contributed by atoms with van der Waals surface area (Å²) in [6.07, 6.45) is 0. The summed E-state index contributed by atoms with van der Waals surface area (Å²) in [5.74, 6) is -0.145. The van der Waals surface area contributed by atoms with E-state index in [1.807, 2.05) is 0 Å². The van der Waals surface area contributed by atoms with Crippen LogP contribution in [0.1, 0.15) is 21.3 Å². The average Bonchev–Trinajstić information content (AvgIpc) is 3.13. The Morgan fingerprint density at radius 3 is 2.54 bits per heavy atom. The van der Waals surface area contributed by atoms with Crippen molar-refractivity contribution in [3.8, 4) is 11.5 Å². The highest BCUT2D eigenvalue weighted by atomic mass is 79.9. The minimum Gasteiger partial charge on any atom is -0.493 e. The van der Waals surface area contributed by atoms with E-state index in [2.05, 4.69) is 21.2 Å². The SMILES string of the molecule is COc1cc([C@H]2N[C@H](C(=O)O)CS2)ccc1OC(=O)c1ccc(Br)cc1. The first-order valence-corrected chi connectivity index (χ1v) is 9.58. The second-order valence-corrected chi connectivity index (χ2v) is 7.63. The third kappa shape index (κ3) is 4.20. The van der Waals surface area contributed by atoms with Crippen molar-refractivity contribution in [3.05, 3.63) is 58.1 Å². The van der Waals surface area contributed by atoms with Gasteiger partial charge in [0.05, 0.1) is 18.0 Å². The molecule has 6 nitrogen and oxygen atoms in total. The lowest BCUT2D eigenvalue weighted by molar-refractivity contribution is -0.138. The summed E-state index contributed by atoms with van der Waals surface area (Å²) < 4.78 is 11.6. The summed E-state index contributed by atoms with van der Waals surface area (Å²) in [6, 6.07) is 11.5. The molecule has 2 atom stereocenters. The predicted octanol–water partition coefficient (Wildman–Crippen LogP) is 3.47. The van der Waals surface area contributed by atoms with Crippen molar-refractivity contribution in [2.75, 3.05) is 12.9 Å². The molecular formula is C18H16BrNO5S. The molecule has 0 aromatic heterocycles. The van der Waals surface area contributed by atoms with Gasteiger partial charge in [0.15, 0.2) is 11.5 Å². The first-order valence-electron chi connectivity index (χ1n) is 7.74. The summed E-state index contributed by atoms with van der Waals surface area (Å²) in [4.78, 5) is 23.3. The minimum absolute atomic E-state index is 0.152. The Bertz CT molecular complexity index is 827. The molecular weight excluding hydrogens is 422 g/mol. The number of methoxy groups -OCH3 is 1. The molecule has 0 spiro atoms. The van der Waals surface area contributed by atoms with Gasteiger partial charge in [-0.3, -0.25) is 10.1 Å². The number of carboxylic acid groups (broad SMARTS) is 1. The third-order valence-corrected chi connectivity index (χ3v) is 5.65. The standard InChI is InChI=1S/C18H16BrNO5S/c1-24-15-8-11(16-20-13(9-26-16)17(21)22)4-7-14(15)25-18(23)10-2-5-12(19)6-3-10/h2-8,13,16,20H,9H2,1H3,(H,21,22)/t13-,16-/m0/s1. The number of benzene rings is 2. The number of rotatable bonds is 5. The Hall–Kier alpha value is -2.03. The quantitative estimate of drug-likeness (QED) is 0.546. The summed E-state index contributed by atoms with van der Waals surface area (Å²) in [6.45, 7) is 0. The van der Waals surface area contributed by atoms with Gasteiger partial charge in [-0.15, -0.1) is 11.8 Å². The first-order chi connectivity index (χ1) is 12.5. The summed E-state index contributed by atoms with van der Waals surface area (Å²) in [5, 5.41) is 12.0. The Balaban J connectivity index is 1.76. The van der Waals surface area contributed by atoms with Crippen LogP contribution in [0.3, 0.4) is 0 Å². The van der Waals surface area contributed by atoms with Gasteiger partial charge in [0, 0.05) is 10.2 Å². The molecule has 1 aliphatic heterocycles. The maximum Gasteiger partial charge on any atom is 0.343 e. The van der Waals surface area contributed by atoms with Crippen molar-refractivity contribution < 1.29 is 24.2 Å². The second-order valence-electron chi connectivity index (χ2n) is 5.58. The number of esters is 1. The highest BCUT2D eigenvalue weighted by Gasteiger charge is 2.30. The van der Waals surface area contributed by atoms with E-state index in [0.29, 0.717) is 22.8 Å². The second kappa shape index (κ2) is 8.11. The number of carboxylic acids is 1. The van der Waals surface area contributed by atoms with Gasteiger partial charge in [-0.25, -0.2) is 4.79 Å². The molecule has 0 saturated carbocycles. The van der Waals surface area contributed by atoms with Crippen LogP contribution in [0.5, 0.6) is 11.5 Å². The van der Waals surface area contributed by atoms with E-state index in [-0.39, 0.29) is 5.37 Å². The van der Waals surface area contributed by atoms with Gasteiger partial charge >= 0.3 is 11.9 Å². The maximum atomic E-state index is 12.3. The van der Waals surface area contributed by atoms with E-state index in [4.69, 9.17) is 14.6 Å². The van der Waals surface area contributed by atoms with E-state index in [0.717, 1.165) is 10.0 Å². The Kier molecular flexibility index (Phi) is 5.85. The van der Waals surface area contributed by atoms with Crippen LogP contribution in [-0.4, -0.2) is 35.9 Å². The zero-order valence-electron chi connectivity index (χ0n) is 13.8. The van der Waals surface area contributed by atoms with Crippen LogP contribution < -0.4 is 14.8 Å². The molecule has 26 heavy (non-hydrogen) atoms. The molecule has 2 N–H and O–H groups in total. The van der Waals surface area contributed by atoms with Crippen molar-refractivity contribution in [3.63, 3.8) is 0 Å². The van der Waals surface area contributed by atoms with Gasteiger partial charge in [0.2, 0.25) is 0 Å². The van der Waals surface area contributed by atoms with E-state index in [1.165, 1.54) is 18.9 Å². The number of hydrogen-bond acceptors (Lipinski definition) is 6. The number of nitrogens with one attached hydrogen (secondary N) is 1. The maximum absolute atomic E-state index is 12.3. The summed E-state index contributed by atoms with van der Waals surface area (Å²) in [7, 11) is 1.49. The molecule has 0 aliphatic carbocycles. The van der Waals surface area contributed by atoms with Crippen LogP contribution in [0.25, 0.3) is 0 Å². The lowest BCUT2D eigenvalue weighted by Gasteiger charge is -2.15. The lowest BCUT2D eigenvalue weighted by Crippen LogP contribution is -2.33. The molecule has 1 aliphatic rings. The highest BCUT2D eigenvalue weighted by molar-refractivity contribution is 9.10. The van der Waals surface area contributed by atoms with Gasteiger partial charge in [0.1, 0.15) is 6.04 Å². The lowest BCUT2D eigenvalue weighted by atomic mass is 10.2. The monoisotopic (exact) mass is 437 g/mol. The molecule has 3 rings (SSSR count). The third-order valence-electron chi connectivity index (χ3n) is 3.85. The molecule has 0 unspecified atom stereocenters. The van der Waals surface area contributed by atoms with Gasteiger partial charge in [-0.1, -0.05) is 22.0 Å². The number of carbonyl (C=O) groups is 2. The van der Waals surface area contributed by atoms with Crippen molar-refractivity contribution in [2.24, 2.45) is 0 Å². The van der Waals surface area contributed by atoms with E-state index in [1.54, 1.807) is 42.5 Å². The van der Waals surface area contributed by atoms with Gasteiger partial charge in [-0.05, 0) is 42.0 Å². The minimum atomic E-state index is -0.869. The fourth-order valence-corrected chi connectivity index (χ4v) is 3.97. The van der Waals surface area contributed by atoms with E-state index >= 15 is 0 Å². The number of hydrogen-bond donors (Lipinski definition) is 2. The van der Waals surface area contributed by atoms with E-state index in [9.17, 15) is 9.59 Å². The fourth-order valence-electron chi connectivity index (χ4n) is 2.48.